The van der Waals surface area contributed by atoms with Gasteiger partial charge in [0.25, 0.3) is 0 Å². The molecule has 3 heteroatoms. The number of benzene rings is 1. The number of rotatable bonds is 3. The van der Waals surface area contributed by atoms with Crippen molar-refractivity contribution in [3.63, 3.8) is 0 Å². The lowest BCUT2D eigenvalue weighted by molar-refractivity contribution is 0.583. The fourth-order valence-corrected chi connectivity index (χ4v) is 1.48. The van der Waals surface area contributed by atoms with E-state index in [-0.39, 0.29) is 11.9 Å². The normalized spacial score (nSPS) is 12.5. The maximum absolute atomic E-state index is 13.2. The van der Waals surface area contributed by atoms with Crippen molar-refractivity contribution in [2.75, 3.05) is 0 Å². The highest BCUT2D eigenvalue weighted by Crippen LogP contribution is 2.22. The van der Waals surface area contributed by atoms with Gasteiger partial charge in [-0.2, -0.15) is 0 Å². The van der Waals surface area contributed by atoms with Gasteiger partial charge in [0.2, 0.25) is 0 Å². The molecule has 1 aromatic carbocycles. The summed E-state index contributed by atoms with van der Waals surface area (Å²) < 4.78 is 14.0. The first kappa shape index (κ1) is 10.4. The SMILES string of the molecule is C=CCC(N)c1cc(Br)ccc1F. The van der Waals surface area contributed by atoms with Crippen LogP contribution in [-0.4, -0.2) is 0 Å². The van der Waals surface area contributed by atoms with Crippen LogP contribution in [0.3, 0.4) is 0 Å². The fraction of sp³-hybridized carbons (Fsp3) is 0.200. The summed E-state index contributed by atoms with van der Waals surface area (Å²) >= 11 is 3.27. The number of hydrogen-bond acceptors (Lipinski definition) is 1. The summed E-state index contributed by atoms with van der Waals surface area (Å²) in [6.45, 7) is 3.56. The maximum Gasteiger partial charge on any atom is 0.128 e. The molecule has 0 saturated carbocycles. The Morgan fingerprint density at radius 1 is 1.62 bits per heavy atom. The van der Waals surface area contributed by atoms with Gasteiger partial charge >= 0.3 is 0 Å². The molecule has 0 saturated heterocycles. The highest BCUT2D eigenvalue weighted by molar-refractivity contribution is 9.10. The van der Waals surface area contributed by atoms with E-state index in [1.165, 1.54) is 6.07 Å². The molecule has 0 aromatic heterocycles. The van der Waals surface area contributed by atoms with E-state index in [4.69, 9.17) is 5.73 Å². The average Bonchev–Trinajstić information content (AvgIpc) is 2.09. The minimum atomic E-state index is -0.310. The van der Waals surface area contributed by atoms with E-state index in [0.29, 0.717) is 12.0 Å². The van der Waals surface area contributed by atoms with E-state index in [2.05, 4.69) is 22.5 Å². The molecule has 70 valence electrons. The Bertz CT molecular complexity index is 312. The molecule has 0 aliphatic rings. The van der Waals surface area contributed by atoms with Crippen molar-refractivity contribution in [1.82, 2.24) is 0 Å². The predicted molar refractivity (Wildman–Crippen MR) is 55.8 cm³/mol. The van der Waals surface area contributed by atoms with Crippen LogP contribution in [0.2, 0.25) is 0 Å². The second kappa shape index (κ2) is 4.53. The molecule has 0 heterocycles. The summed E-state index contributed by atoms with van der Waals surface area (Å²) in [5, 5.41) is 0. The summed E-state index contributed by atoms with van der Waals surface area (Å²) in [7, 11) is 0. The fourth-order valence-electron chi connectivity index (χ4n) is 1.11. The van der Waals surface area contributed by atoms with Crippen LogP contribution in [-0.2, 0) is 0 Å². The standard InChI is InChI=1S/C10H11BrFN/c1-2-3-10(13)8-6-7(11)4-5-9(8)12/h2,4-6,10H,1,3,13H2. The van der Waals surface area contributed by atoms with Crippen molar-refractivity contribution in [3.05, 3.63) is 46.7 Å². The van der Waals surface area contributed by atoms with Crippen LogP contribution in [0, 0.1) is 5.82 Å². The summed E-state index contributed by atoms with van der Waals surface area (Å²) in [6, 6.07) is 4.45. The van der Waals surface area contributed by atoms with Crippen molar-refractivity contribution in [2.24, 2.45) is 5.73 Å². The van der Waals surface area contributed by atoms with Crippen LogP contribution in [0.15, 0.2) is 35.3 Å². The molecule has 0 bridgehead atoms. The molecular formula is C10H11BrFN. The average molecular weight is 244 g/mol. The largest absolute Gasteiger partial charge is 0.324 e. The van der Waals surface area contributed by atoms with Crippen LogP contribution in [0.5, 0.6) is 0 Å². The van der Waals surface area contributed by atoms with Gasteiger partial charge in [0.15, 0.2) is 0 Å². The Morgan fingerprint density at radius 2 is 2.31 bits per heavy atom. The highest BCUT2D eigenvalue weighted by atomic mass is 79.9. The lowest BCUT2D eigenvalue weighted by atomic mass is 10.0. The molecular weight excluding hydrogens is 233 g/mol. The molecule has 2 N–H and O–H groups in total. The van der Waals surface area contributed by atoms with Gasteiger partial charge in [-0.25, -0.2) is 4.39 Å². The molecule has 13 heavy (non-hydrogen) atoms. The van der Waals surface area contributed by atoms with Crippen LogP contribution < -0.4 is 5.73 Å². The summed E-state index contributed by atoms with van der Waals surface area (Å²) in [4.78, 5) is 0. The third kappa shape index (κ3) is 2.64. The van der Waals surface area contributed by atoms with E-state index < -0.39 is 0 Å². The maximum atomic E-state index is 13.2. The molecule has 0 fully saturated rings. The van der Waals surface area contributed by atoms with Gasteiger partial charge in [-0.1, -0.05) is 22.0 Å². The molecule has 1 atom stereocenters. The van der Waals surface area contributed by atoms with Gasteiger partial charge < -0.3 is 5.73 Å². The Labute approximate surface area is 85.6 Å². The zero-order valence-electron chi connectivity index (χ0n) is 7.13. The molecule has 0 radical (unpaired) electrons. The number of hydrogen-bond donors (Lipinski definition) is 1. The Morgan fingerprint density at radius 3 is 2.92 bits per heavy atom. The third-order valence-corrected chi connectivity index (χ3v) is 2.27. The van der Waals surface area contributed by atoms with E-state index in [1.54, 1.807) is 18.2 Å². The minimum absolute atomic E-state index is 0.266. The van der Waals surface area contributed by atoms with Gasteiger partial charge in [0.05, 0.1) is 0 Å². The Hall–Kier alpha value is -0.670. The zero-order valence-corrected chi connectivity index (χ0v) is 8.72. The van der Waals surface area contributed by atoms with Crippen molar-refractivity contribution in [1.29, 1.82) is 0 Å². The topological polar surface area (TPSA) is 26.0 Å². The lowest BCUT2D eigenvalue weighted by Gasteiger charge is -2.10. The number of halogens is 2. The van der Waals surface area contributed by atoms with Gasteiger partial charge in [-0.3, -0.25) is 0 Å². The first-order valence-electron chi connectivity index (χ1n) is 3.96. The van der Waals surface area contributed by atoms with Crippen LogP contribution >= 0.6 is 15.9 Å². The molecule has 1 rings (SSSR count). The Kier molecular flexibility index (Phi) is 3.63. The molecule has 1 unspecified atom stereocenters. The van der Waals surface area contributed by atoms with E-state index in [1.807, 2.05) is 0 Å². The summed E-state index contributed by atoms with van der Waals surface area (Å²) in [5.74, 6) is -0.266. The molecule has 0 spiro atoms. The summed E-state index contributed by atoms with van der Waals surface area (Å²) in [5.41, 5.74) is 6.27. The van der Waals surface area contributed by atoms with Crippen LogP contribution in [0.1, 0.15) is 18.0 Å². The van der Waals surface area contributed by atoms with Gasteiger partial charge in [-0.05, 0) is 24.6 Å². The highest BCUT2D eigenvalue weighted by Gasteiger charge is 2.09. The molecule has 0 aliphatic heterocycles. The first-order valence-corrected chi connectivity index (χ1v) is 4.76. The molecule has 1 aromatic rings. The van der Waals surface area contributed by atoms with Gasteiger partial charge in [0.1, 0.15) is 5.82 Å². The quantitative estimate of drug-likeness (QED) is 0.812. The third-order valence-electron chi connectivity index (χ3n) is 1.78. The van der Waals surface area contributed by atoms with Crippen molar-refractivity contribution in [2.45, 2.75) is 12.5 Å². The Balaban J connectivity index is 2.97. The zero-order chi connectivity index (χ0) is 9.84. The van der Waals surface area contributed by atoms with E-state index >= 15 is 0 Å². The van der Waals surface area contributed by atoms with Crippen molar-refractivity contribution < 1.29 is 4.39 Å². The van der Waals surface area contributed by atoms with Gasteiger partial charge in [-0.15, -0.1) is 6.58 Å². The van der Waals surface area contributed by atoms with E-state index in [9.17, 15) is 4.39 Å². The van der Waals surface area contributed by atoms with Crippen molar-refractivity contribution in [3.8, 4) is 0 Å². The van der Waals surface area contributed by atoms with Crippen molar-refractivity contribution >= 4 is 15.9 Å². The lowest BCUT2D eigenvalue weighted by Crippen LogP contribution is -2.10. The monoisotopic (exact) mass is 243 g/mol. The molecule has 1 nitrogen and oxygen atoms in total. The second-order valence-electron chi connectivity index (χ2n) is 2.80. The van der Waals surface area contributed by atoms with Crippen LogP contribution in [0.25, 0.3) is 0 Å². The first-order chi connectivity index (χ1) is 6.15. The van der Waals surface area contributed by atoms with Crippen LogP contribution in [0.4, 0.5) is 4.39 Å². The van der Waals surface area contributed by atoms with Gasteiger partial charge in [0, 0.05) is 16.1 Å². The summed E-state index contributed by atoms with van der Waals surface area (Å²) in [6.07, 6.45) is 2.26. The second-order valence-corrected chi connectivity index (χ2v) is 3.71. The number of nitrogens with two attached hydrogens (primary N) is 1. The minimum Gasteiger partial charge on any atom is -0.324 e. The van der Waals surface area contributed by atoms with E-state index in [0.717, 1.165) is 4.47 Å². The molecule has 0 amide bonds. The smallest absolute Gasteiger partial charge is 0.128 e. The predicted octanol–water partition coefficient (Wildman–Crippen LogP) is 3.16. The molecule has 0 aliphatic carbocycles.